The molecule has 1 aromatic heterocycles. The topological polar surface area (TPSA) is 70.7 Å². The zero-order valence-corrected chi connectivity index (χ0v) is 14.5. The van der Waals surface area contributed by atoms with Crippen LogP contribution in [0.3, 0.4) is 0 Å². The van der Waals surface area contributed by atoms with Gasteiger partial charge < -0.3 is 0 Å². The number of hydrogen-bond acceptors (Lipinski definition) is 3. The molecule has 2 N–H and O–H groups in total. The van der Waals surface area contributed by atoms with Crippen LogP contribution < -0.4 is 5.32 Å². The molecule has 0 atom stereocenters. The van der Waals surface area contributed by atoms with Crippen LogP contribution >= 0.6 is 27.5 Å². The minimum Gasteiger partial charge on any atom is -0.293 e. The average Bonchev–Trinajstić information content (AvgIpc) is 3.00. The fourth-order valence-corrected chi connectivity index (χ4v) is 2.82. The van der Waals surface area contributed by atoms with Crippen molar-refractivity contribution in [3.05, 3.63) is 63.3 Å². The molecule has 0 unspecified atom stereocenters. The summed E-state index contributed by atoms with van der Waals surface area (Å²) in [6, 6.07) is 11.7. The maximum Gasteiger partial charge on any atom is 0.249 e. The summed E-state index contributed by atoms with van der Waals surface area (Å²) in [4.78, 5) is 16.3. The second-order valence-electron chi connectivity index (χ2n) is 4.91. The molecule has 1 heterocycles. The largest absolute Gasteiger partial charge is 0.293 e. The number of H-pyrrole nitrogens is 1. The number of hydrogen-bond donors (Lipinski definition) is 2. The first kappa shape index (κ1) is 16.6. The fourth-order valence-electron chi connectivity index (χ4n) is 2.12. The van der Waals surface area contributed by atoms with Gasteiger partial charge in [-0.3, -0.25) is 15.2 Å². The van der Waals surface area contributed by atoms with Crippen molar-refractivity contribution in [2.24, 2.45) is 0 Å². The number of anilines is 1. The second-order valence-corrected chi connectivity index (χ2v) is 6.17. The molecule has 1 amide bonds. The van der Waals surface area contributed by atoms with Crippen LogP contribution in [0.1, 0.15) is 5.56 Å². The van der Waals surface area contributed by atoms with Gasteiger partial charge in [0.05, 0.1) is 6.42 Å². The first-order valence-electron chi connectivity index (χ1n) is 6.94. The van der Waals surface area contributed by atoms with Crippen molar-refractivity contribution in [2.45, 2.75) is 6.42 Å². The van der Waals surface area contributed by atoms with Gasteiger partial charge in [0, 0.05) is 20.6 Å². The first-order chi connectivity index (χ1) is 11.5. The minimum absolute atomic E-state index is 0.109. The number of benzene rings is 2. The molecule has 0 saturated carbocycles. The van der Waals surface area contributed by atoms with Crippen molar-refractivity contribution in [2.75, 3.05) is 5.32 Å². The summed E-state index contributed by atoms with van der Waals surface area (Å²) in [5.74, 6) is -0.374. The van der Waals surface area contributed by atoms with Gasteiger partial charge in [-0.15, -0.1) is 5.10 Å². The quantitative estimate of drug-likeness (QED) is 0.678. The van der Waals surface area contributed by atoms with Gasteiger partial charge >= 0.3 is 0 Å². The molecule has 0 bridgehead atoms. The standard InChI is InChI=1S/C16H11BrClFN4O/c17-11-5-2-1-4-9(11)15-21-16(23-22-15)20-14(24)8-10-12(18)6-3-7-13(10)19/h1-7H,8H2,(H2,20,21,22,23,24). The summed E-state index contributed by atoms with van der Waals surface area (Å²) in [6.45, 7) is 0. The van der Waals surface area contributed by atoms with Crippen LogP contribution in [0.2, 0.25) is 5.02 Å². The Bertz CT molecular complexity index is 879. The van der Waals surface area contributed by atoms with E-state index in [1.807, 2.05) is 24.3 Å². The Kier molecular flexibility index (Phi) is 4.92. The zero-order chi connectivity index (χ0) is 17.1. The molecule has 8 heteroatoms. The van der Waals surface area contributed by atoms with Gasteiger partial charge in [-0.25, -0.2) is 4.39 Å². The zero-order valence-electron chi connectivity index (χ0n) is 12.2. The number of carbonyl (C=O) groups excluding carboxylic acids is 1. The SMILES string of the molecule is O=C(Cc1c(F)cccc1Cl)Nc1n[nH]c(-c2ccccc2Br)n1. The number of amides is 1. The maximum atomic E-state index is 13.7. The number of aromatic nitrogens is 3. The predicted octanol–water partition coefficient (Wildman–Crippen LogP) is 4.21. The van der Waals surface area contributed by atoms with Crippen LogP contribution in [-0.2, 0) is 11.2 Å². The van der Waals surface area contributed by atoms with Crippen molar-refractivity contribution in [3.63, 3.8) is 0 Å². The Morgan fingerprint density at radius 1 is 1.25 bits per heavy atom. The van der Waals surface area contributed by atoms with Crippen LogP contribution in [0.4, 0.5) is 10.3 Å². The molecule has 3 aromatic rings. The van der Waals surface area contributed by atoms with Crippen molar-refractivity contribution in [1.82, 2.24) is 15.2 Å². The summed E-state index contributed by atoms with van der Waals surface area (Å²) >= 11 is 9.34. The van der Waals surface area contributed by atoms with E-state index in [0.717, 1.165) is 10.0 Å². The maximum absolute atomic E-state index is 13.7. The minimum atomic E-state index is -0.526. The molecule has 2 aromatic carbocycles. The van der Waals surface area contributed by atoms with Gasteiger partial charge in [-0.1, -0.05) is 51.8 Å². The third kappa shape index (κ3) is 3.63. The highest BCUT2D eigenvalue weighted by Crippen LogP contribution is 2.25. The lowest BCUT2D eigenvalue weighted by atomic mass is 10.1. The molecule has 122 valence electrons. The third-order valence-electron chi connectivity index (χ3n) is 3.26. The molecule has 3 rings (SSSR count). The number of nitrogens with one attached hydrogen (secondary N) is 2. The van der Waals surface area contributed by atoms with Gasteiger partial charge in [0.15, 0.2) is 5.82 Å². The van der Waals surface area contributed by atoms with E-state index in [-0.39, 0.29) is 23.0 Å². The Balaban J connectivity index is 1.73. The molecule has 5 nitrogen and oxygen atoms in total. The molecule has 0 fully saturated rings. The molecule has 0 aliphatic carbocycles. The molecule has 0 aliphatic rings. The van der Waals surface area contributed by atoms with Crippen LogP contribution in [0, 0.1) is 5.82 Å². The van der Waals surface area contributed by atoms with Crippen molar-refractivity contribution in [3.8, 4) is 11.4 Å². The number of aromatic amines is 1. The van der Waals surface area contributed by atoms with Crippen LogP contribution in [0.15, 0.2) is 46.9 Å². The molecular formula is C16H11BrClFN4O. The normalized spacial score (nSPS) is 10.6. The summed E-state index contributed by atoms with van der Waals surface area (Å²) in [5.41, 5.74) is 0.945. The molecule has 0 spiro atoms. The first-order valence-corrected chi connectivity index (χ1v) is 8.11. The number of carbonyl (C=O) groups is 1. The van der Waals surface area contributed by atoms with Gasteiger partial charge in [-0.2, -0.15) is 4.98 Å². The second kappa shape index (κ2) is 7.11. The van der Waals surface area contributed by atoms with Crippen LogP contribution in [-0.4, -0.2) is 21.1 Å². The lowest BCUT2D eigenvalue weighted by Gasteiger charge is -2.05. The highest BCUT2D eigenvalue weighted by Gasteiger charge is 2.14. The van der Waals surface area contributed by atoms with E-state index in [0.29, 0.717) is 5.82 Å². The average molecular weight is 410 g/mol. The van der Waals surface area contributed by atoms with Gasteiger partial charge in [-0.05, 0) is 18.2 Å². The van der Waals surface area contributed by atoms with E-state index in [4.69, 9.17) is 11.6 Å². The summed E-state index contributed by atoms with van der Waals surface area (Å²) in [7, 11) is 0. The van der Waals surface area contributed by atoms with E-state index >= 15 is 0 Å². The van der Waals surface area contributed by atoms with Crippen molar-refractivity contribution >= 4 is 39.4 Å². The highest BCUT2D eigenvalue weighted by atomic mass is 79.9. The van der Waals surface area contributed by atoms with Crippen LogP contribution in [0.5, 0.6) is 0 Å². The van der Waals surface area contributed by atoms with Crippen molar-refractivity contribution < 1.29 is 9.18 Å². The smallest absolute Gasteiger partial charge is 0.249 e. The lowest BCUT2D eigenvalue weighted by Crippen LogP contribution is -2.16. The molecule has 0 saturated heterocycles. The summed E-state index contributed by atoms with van der Waals surface area (Å²) < 4.78 is 14.6. The predicted molar refractivity (Wildman–Crippen MR) is 93.3 cm³/mol. The fraction of sp³-hybridized carbons (Fsp3) is 0.0625. The van der Waals surface area contributed by atoms with E-state index in [9.17, 15) is 9.18 Å². The highest BCUT2D eigenvalue weighted by molar-refractivity contribution is 9.10. The Labute approximate surface area is 150 Å². The van der Waals surface area contributed by atoms with Gasteiger partial charge in [0.2, 0.25) is 11.9 Å². The summed E-state index contributed by atoms with van der Waals surface area (Å²) in [6.07, 6.45) is -0.204. The summed E-state index contributed by atoms with van der Waals surface area (Å²) in [5, 5.41) is 9.42. The number of halogens is 3. The molecule has 24 heavy (non-hydrogen) atoms. The Morgan fingerprint density at radius 3 is 2.79 bits per heavy atom. The lowest BCUT2D eigenvalue weighted by molar-refractivity contribution is -0.115. The van der Waals surface area contributed by atoms with Crippen molar-refractivity contribution in [1.29, 1.82) is 0 Å². The third-order valence-corrected chi connectivity index (χ3v) is 4.31. The van der Waals surface area contributed by atoms with Gasteiger partial charge in [0.25, 0.3) is 0 Å². The van der Waals surface area contributed by atoms with Crippen LogP contribution in [0.25, 0.3) is 11.4 Å². The van der Waals surface area contributed by atoms with E-state index in [1.165, 1.54) is 18.2 Å². The molecule has 0 aliphatic heterocycles. The Hall–Kier alpha value is -2.25. The molecule has 0 radical (unpaired) electrons. The number of rotatable bonds is 4. The number of nitrogens with zero attached hydrogens (tertiary/aromatic N) is 2. The van der Waals surface area contributed by atoms with E-state index in [2.05, 4.69) is 36.4 Å². The van der Waals surface area contributed by atoms with E-state index in [1.54, 1.807) is 0 Å². The van der Waals surface area contributed by atoms with E-state index < -0.39 is 11.7 Å². The monoisotopic (exact) mass is 408 g/mol. The van der Waals surface area contributed by atoms with Gasteiger partial charge in [0.1, 0.15) is 5.82 Å². The molecular weight excluding hydrogens is 399 g/mol. The Morgan fingerprint density at radius 2 is 2.04 bits per heavy atom.